The number of pyridine rings is 3. The standard InChI is InChI=1S/C22H23ClN4/c1-15-6-4-12-24-21(15)14-16-7-2-9-18(26-16)19-10-3-11-20(27-19)22-17(23)8-5-13-25-22/h2,4-9,12-13,19-20,27H,3,10-11,14H2,1H3. The summed E-state index contributed by atoms with van der Waals surface area (Å²) in [6.07, 6.45) is 7.64. The molecule has 0 amide bonds. The van der Waals surface area contributed by atoms with Crippen LogP contribution in [0.3, 0.4) is 0 Å². The first-order valence-corrected chi connectivity index (χ1v) is 9.81. The van der Waals surface area contributed by atoms with E-state index in [1.165, 1.54) is 5.56 Å². The van der Waals surface area contributed by atoms with Crippen molar-refractivity contribution < 1.29 is 0 Å². The molecule has 1 N–H and O–H groups in total. The summed E-state index contributed by atoms with van der Waals surface area (Å²) < 4.78 is 0. The highest BCUT2D eigenvalue weighted by Crippen LogP contribution is 2.33. The van der Waals surface area contributed by atoms with Gasteiger partial charge in [-0.15, -0.1) is 0 Å². The highest BCUT2D eigenvalue weighted by atomic mass is 35.5. The van der Waals surface area contributed by atoms with E-state index in [4.69, 9.17) is 16.6 Å². The first-order valence-electron chi connectivity index (χ1n) is 9.43. The summed E-state index contributed by atoms with van der Waals surface area (Å²) in [5.41, 5.74) is 5.35. The Balaban J connectivity index is 1.53. The molecule has 0 saturated carbocycles. The summed E-state index contributed by atoms with van der Waals surface area (Å²) in [4.78, 5) is 13.9. The molecule has 0 aliphatic carbocycles. The van der Waals surface area contributed by atoms with Crippen molar-refractivity contribution in [2.45, 2.75) is 44.7 Å². The molecule has 4 rings (SSSR count). The minimum Gasteiger partial charge on any atom is -0.300 e. The lowest BCUT2D eigenvalue weighted by molar-refractivity contribution is 0.321. The summed E-state index contributed by atoms with van der Waals surface area (Å²) >= 11 is 6.36. The number of halogens is 1. The fourth-order valence-electron chi connectivity index (χ4n) is 3.70. The molecular formula is C22H23ClN4. The Bertz CT molecular complexity index is 927. The van der Waals surface area contributed by atoms with E-state index in [-0.39, 0.29) is 12.1 Å². The van der Waals surface area contributed by atoms with Gasteiger partial charge in [-0.25, -0.2) is 0 Å². The predicted octanol–water partition coefficient (Wildman–Crippen LogP) is 4.98. The van der Waals surface area contributed by atoms with Crippen LogP contribution in [0.4, 0.5) is 0 Å². The lowest BCUT2D eigenvalue weighted by atomic mass is 9.94. The summed E-state index contributed by atoms with van der Waals surface area (Å²) in [7, 11) is 0. The molecule has 3 aromatic heterocycles. The molecule has 27 heavy (non-hydrogen) atoms. The van der Waals surface area contributed by atoms with Crippen LogP contribution in [0.2, 0.25) is 5.02 Å². The second kappa shape index (κ2) is 8.15. The second-order valence-electron chi connectivity index (χ2n) is 7.07. The molecule has 2 unspecified atom stereocenters. The van der Waals surface area contributed by atoms with Crippen LogP contribution in [0.15, 0.2) is 54.9 Å². The number of nitrogens with zero attached hydrogens (tertiary/aromatic N) is 3. The van der Waals surface area contributed by atoms with E-state index in [1.807, 2.05) is 24.4 Å². The van der Waals surface area contributed by atoms with Crippen molar-refractivity contribution in [2.75, 3.05) is 0 Å². The van der Waals surface area contributed by atoms with Gasteiger partial charge in [0.1, 0.15) is 0 Å². The number of nitrogens with one attached hydrogen (secondary N) is 1. The Labute approximate surface area is 165 Å². The zero-order chi connectivity index (χ0) is 18.6. The Morgan fingerprint density at radius 1 is 1.00 bits per heavy atom. The van der Waals surface area contributed by atoms with Crippen LogP contribution >= 0.6 is 11.6 Å². The van der Waals surface area contributed by atoms with Crippen LogP contribution in [0.1, 0.15) is 59.7 Å². The minimum atomic E-state index is 0.168. The Morgan fingerprint density at radius 3 is 2.67 bits per heavy atom. The number of aryl methyl sites for hydroxylation is 1. The van der Waals surface area contributed by atoms with Crippen molar-refractivity contribution in [2.24, 2.45) is 0 Å². The molecule has 1 fully saturated rings. The molecule has 4 nitrogen and oxygen atoms in total. The van der Waals surface area contributed by atoms with Gasteiger partial charge in [0.05, 0.1) is 22.5 Å². The minimum absolute atomic E-state index is 0.168. The summed E-state index contributed by atoms with van der Waals surface area (Å²) in [6.45, 7) is 2.09. The maximum Gasteiger partial charge on any atom is 0.0759 e. The maximum absolute atomic E-state index is 6.36. The summed E-state index contributed by atoms with van der Waals surface area (Å²) in [6, 6.07) is 14.5. The van der Waals surface area contributed by atoms with Gasteiger partial charge in [0.2, 0.25) is 0 Å². The molecule has 0 spiro atoms. The van der Waals surface area contributed by atoms with Crippen LogP contribution in [0, 0.1) is 6.92 Å². The van der Waals surface area contributed by atoms with E-state index < -0.39 is 0 Å². The smallest absolute Gasteiger partial charge is 0.0759 e. The topological polar surface area (TPSA) is 50.7 Å². The average Bonchev–Trinajstić information content (AvgIpc) is 2.70. The normalized spacial score (nSPS) is 19.8. The van der Waals surface area contributed by atoms with E-state index in [9.17, 15) is 0 Å². The first kappa shape index (κ1) is 18.1. The van der Waals surface area contributed by atoms with E-state index in [0.717, 1.165) is 53.5 Å². The third-order valence-electron chi connectivity index (χ3n) is 5.16. The SMILES string of the molecule is Cc1cccnc1Cc1cccc(C2CCCC(c3ncccc3Cl)N2)n1. The number of hydrogen-bond acceptors (Lipinski definition) is 4. The highest BCUT2D eigenvalue weighted by molar-refractivity contribution is 6.31. The van der Waals surface area contributed by atoms with Crippen molar-refractivity contribution in [3.05, 3.63) is 88.2 Å². The third kappa shape index (κ3) is 4.18. The fraction of sp³-hybridized carbons (Fsp3) is 0.318. The summed E-state index contributed by atoms with van der Waals surface area (Å²) in [5.74, 6) is 0. The quantitative estimate of drug-likeness (QED) is 0.695. The zero-order valence-corrected chi connectivity index (χ0v) is 16.2. The highest BCUT2D eigenvalue weighted by Gasteiger charge is 2.26. The van der Waals surface area contributed by atoms with Gasteiger partial charge < -0.3 is 5.32 Å². The number of hydrogen-bond donors (Lipinski definition) is 1. The van der Waals surface area contributed by atoms with Crippen LogP contribution in [-0.2, 0) is 6.42 Å². The zero-order valence-electron chi connectivity index (χ0n) is 15.4. The number of piperidine rings is 1. The van der Waals surface area contributed by atoms with E-state index in [1.54, 1.807) is 6.20 Å². The van der Waals surface area contributed by atoms with Gasteiger partial charge in [-0.3, -0.25) is 15.0 Å². The molecule has 0 aromatic carbocycles. The lowest BCUT2D eigenvalue weighted by Gasteiger charge is -2.31. The summed E-state index contributed by atoms with van der Waals surface area (Å²) in [5, 5.41) is 4.43. The van der Waals surface area contributed by atoms with Crippen LogP contribution < -0.4 is 5.32 Å². The van der Waals surface area contributed by atoms with Crippen molar-refractivity contribution in [1.82, 2.24) is 20.3 Å². The predicted molar refractivity (Wildman–Crippen MR) is 108 cm³/mol. The average molecular weight is 379 g/mol. The van der Waals surface area contributed by atoms with Crippen LogP contribution in [-0.4, -0.2) is 15.0 Å². The molecule has 1 saturated heterocycles. The fourth-order valence-corrected chi connectivity index (χ4v) is 3.96. The molecular weight excluding hydrogens is 356 g/mol. The Hall–Kier alpha value is -2.30. The monoisotopic (exact) mass is 378 g/mol. The van der Waals surface area contributed by atoms with Gasteiger partial charge in [-0.1, -0.05) is 23.7 Å². The lowest BCUT2D eigenvalue weighted by Crippen LogP contribution is -2.32. The van der Waals surface area contributed by atoms with E-state index in [0.29, 0.717) is 0 Å². The first-order chi connectivity index (χ1) is 13.2. The molecule has 2 atom stereocenters. The molecule has 5 heteroatoms. The van der Waals surface area contributed by atoms with E-state index in [2.05, 4.69) is 46.5 Å². The van der Waals surface area contributed by atoms with Gasteiger partial charge in [0.25, 0.3) is 0 Å². The molecule has 138 valence electrons. The maximum atomic E-state index is 6.36. The molecule has 0 bridgehead atoms. The Morgan fingerprint density at radius 2 is 1.81 bits per heavy atom. The van der Waals surface area contributed by atoms with Crippen molar-refractivity contribution in [3.8, 4) is 0 Å². The molecule has 4 heterocycles. The molecule has 3 aromatic rings. The third-order valence-corrected chi connectivity index (χ3v) is 5.48. The van der Waals surface area contributed by atoms with Gasteiger partial charge in [-0.05, 0) is 62.1 Å². The number of aromatic nitrogens is 3. The van der Waals surface area contributed by atoms with Crippen molar-refractivity contribution in [3.63, 3.8) is 0 Å². The molecule has 1 aliphatic heterocycles. The molecule has 0 radical (unpaired) electrons. The van der Waals surface area contributed by atoms with Crippen molar-refractivity contribution in [1.29, 1.82) is 0 Å². The second-order valence-corrected chi connectivity index (χ2v) is 7.48. The largest absolute Gasteiger partial charge is 0.300 e. The van der Waals surface area contributed by atoms with Gasteiger partial charge in [0.15, 0.2) is 0 Å². The van der Waals surface area contributed by atoms with E-state index >= 15 is 0 Å². The molecule has 1 aliphatic rings. The van der Waals surface area contributed by atoms with Gasteiger partial charge >= 0.3 is 0 Å². The van der Waals surface area contributed by atoms with Gasteiger partial charge in [0, 0.05) is 36.2 Å². The van der Waals surface area contributed by atoms with Crippen LogP contribution in [0.25, 0.3) is 0 Å². The van der Waals surface area contributed by atoms with Crippen LogP contribution in [0.5, 0.6) is 0 Å². The van der Waals surface area contributed by atoms with Crippen molar-refractivity contribution >= 4 is 11.6 Å². The van der Waals surface area contributed by atoms with Gasteiger partial charge in [-0.2, -0.15) is 0 Å². The Kier molecular flexibility index (Phi) is 5.46. The number of rotatable bonds is 4.